The van der Waals surface area contributed by atoms with Crippen LogP contribution in [0.2, 0.25) is 0 Å². The SMILES string of the molecule is CC1OC(Oc2ccc(-c3oc4cc(O)cc(O)c4c(=O)c3OC3OC(C)C(O)C(O)C3O)cc2O)C(O)C(O)C1O. The summed E-state index contributed by atoms with van der Waals surface area (Å²) in [7, 11) is 0. The first kappa shape index (κ1) is 29.8. The molecule has 3 heterocycles. The number of hydrogen-bond acceptors (Lipinski definition) is 15. The van der Waals surface area contributed by atoms with Crippen molar-refractivity contribution in [3.8, 4) is 40.1 Å². The summed E-state index contributed by atoms with van der Waals surface area (Å²) < 4.78 is 27.8. The van der Waals surface area contributed by atoms with Crippen molar-refractivity contribution in [1.82, 2.24) is 0 Å². The summed E-state index contributed by atoms with van der Waals surface area (Å²) in [6.07, 6.45) is -14.6. The van der Waals surface area contributed by atoms with Gasteiger partial charge in [0.15, 0.2) is 17.3 Å². The van der Waals surface area contributed by atoms with Crippen LogP contribution in [-0.4, -0.2) is 107 Å². The minimum Gasteiger partial charge on any atom is -0.508 e. The van der Waals surface area contributed by atoms with Crippen LogP contribution in [-0.2, 0) is 9.47 Å². The number of ether oxygens (including phenoxy) is 4. The largest absolute Gasteiger partial charge is 0.508 e. The summed E-state index contributed by atoms with van der Waals surface area (Å²) in [6.45, 7) is 2.85. The van der Waals surface area contributed by atoms with E-state index in [1.165, 1.54) is 26.0 Å². The van der Waals surface area contributed by atoms with Crippen LogP contribution in [0, 0.1) is 0 Å². The summed E-state index contributed by atoms with van der Waals surface area (Å²) >= 11 is 0. The Morgan fingerprint density at radius 3 is 1.83 bits per heavy atom. The number of fused-ring (bicyclic) bond motifs is 1. The Morgan fingerprint density at radius 1 is 0.690 bits per heavy atom. The van der Waals surface area contributed by atoms with E-state index >= 15 is 0 Å². The fourth-order valence-corrected chi connectivity index (χ4v) is 4.79. The van der Waals surface area contributed by atoms with Crippen molar-refractivity contribution in [2.45, 2.75) is 75.3 Å². The number of rotatable bonds is 5. The lowest BCUT2D eigenvalue weighted by molar-refractivity contribution is -0.268. The third kappa shape index (κ3) is 5.21. The molecule has 42 heavy (non-hydrogen) atoms. The van der Waals surface area contributed by atoms with Gasteiger partial charge in [0.05, 0.1) is 12.2 Å². The fourth-order valence-electron chi connectivity index (χ4n) is 4.79. The Balaban J connectivity index is 1.56. The zero-order valence-electron chi connectivity index (χ0n) is 22.1. The normalized spacial score (nSPS) is 33.4. The predicted molar refractivity (Wildman–Crippen MR) is 139 cm³/mol. The number of aliphatic hydroxyl groups excluding tert-OH is 6. The molecule has 2 aliphatic heterocycles. The summed E-state index contributed by atoms with van der Waals surface area (Å²) in [6, 6.07) is 5.55. The average molecular weight is 595 g/mol. The first-order valence-electron chi connectivity index (χ1n) is 12.9. The zero-order chi connectivity index (χ0) is 30.6. The van der Waals surface area contributed by atoms with Gasteiger partial charge in [-0.3, -0.25) is 4.79 Å². The minimum atomic E-state index is -1.81. The Kier molecular flexibility index (Phi) is 7.95. The van der Waals surface area contributed by atoms with Crippen molar-refractivity contribution in [3.63, 3.8) is 0 Å². The summed E-state index contributed by atoms with van der Waals surface area (Å²) in [5.74, 6) is -2.83. The van der Waals surface area contributed by atoms with Crippen molar-refractivity contribution in [2.75, 3.05) is 0 Å². The fraction of sp³-hybridized carbons (Fsp3) is 0.444. The second-order valence-corrected chi connectivity index (χ2v) is 10.2. The molecule has 10 unspecified atom stereocenters. The lowest BCUT2D eigenvalue weighted by atomic mass is 10.00. The molecule has 3 aromatic rings. The van der Waals surface area contributed by atoms with Gasteiger partial charge in [0, 0.05) is 17.7 Å². The van der Waals surface area contributed by atoms with Gasteiger partial charge in [0.1, 0.15) is 59.1 Å². The van der Waals surface area contributed by atoms with Gasteiger partial charge < -0.3 is 69.3 Å². The summed E-state index contributed by atoms with van der Waals surface area (Å²) in [5, 5.41) is 91.5. The van der Waals surface area contributed by atoms with Crippen LogP contribution in [0.4, 0.5) is 0 Å². The number of hydrogen-bond donors (Lipinski definition) is 9. The highest BCUT2D eigenvalue weighted by Crippen LogP contribution is 2.40. The molecule has 0 saturated carbocycles. The van der Waals surface area contributed by atoms with Crippen molar-refractivity contribution < 1.29 is 69.3 Å². The molecule has 2 aromatic carbocycles. The number of aromatic hydroxyl groups is 3. The lowest BCUT2D eigenvalue weighted by Crippen LogP contribution is -2.58. The Labute approximate surface area is 236 Å². The third-order valence-electron chi connectivity index (χ3n) is 7.23. The van der Waals surface area contributed by atoms with E-state index in [4.69, 9.17) is 23.4 Å². The topological polar surface area (TPSA) is 249 Å². The highest BCUT2D eigenvalue weighted by molar-refractivity contribution is 5.88. The smallest absolute Gasteiger partial charge is 0.239 e. The van der Waals surface area contributed by atoms with Gasteiger partial charge in [-0.2, -0.15) is 0 Å². The van der Waals surface area contributed by atoms with Gasteiger partial charge in [-0.15, -0.1) is 0 Å². The Morgan fingerprint density at radius 2 is 1.26 bits per heavy atom. The first-order chi connectivity index (χ1) is 19.8. The number of phenols is 3. The molecular weight excluding hydrogens is 564 g/mol. The van der Waals surface area contributed by atoms with E-state index in [1.54, 1.807) is 0 Å². The van der Waals surface area contributed by atoms with Crippen LogP contribution < -0.4 is 14.9 Å². The third-order valence-corrected chi connectivity index (χ3v) is 7.23. The molecule has 5 rings (SSSR count). The molecule has 0 radical (unpaired) electrons. The van der Waals surface area contributed by atoms with E-state index in [9.17, 15) is 50.8 Å². The molecule has 15 heteroatoms. The van der Waals surface area contributed by atoms with Gasteiger partial charge in [-0.25, -0.2) is 0 Å². The zero-order valence-corrected chi connectivity index (χ0v) is 22.1. The molecular formula is C27H30O15. The molecule has 0 aliphatic carbocycles. The quantitative estimate of drug-likeness (QED) is 0.172. The predicted octanol–water partition coefficient (Wildman–Crippen LogP) is -1.01. The van der Waals surface area contributed by atoms with Crippen molar-refractivity contribution in [2.24, 2.45) is 0 Å². The van der Waals surface area contributed by atoms with Gasteiger partial charge in [-0.1, -0.05) is 0 Å². The highest BCUT2D eigenvalue weighted by atomic mass is 16.7. The molecule has 1 aromatic heterocycles. The van der Waals surface area contributed by atoms with Crippen molar-refractivity contribution >= 4 is 11.0 Å². The van der Waals surface area contributed by atoms with Crippen LogP contribution in [0.15, 0.2) is 39.5 Å². The maximum absolute atomic E-state index is 13.5. The van der Waals surface area contributed by atoms with E-state index < -0.39 is 95.2 Å². The molecule has 2 aliphatic rings. The molecule has 0 amide bonds. The van der Waals surface area contributed by atoms with Crippen LogP contribution in [0.5, 0.6) is 28.7 Å². The maximum Gasteiger partial charge on any atom is 0.239 e. The van der Waals surface area contributed by atoms with Crippen LogP contribution in [0.3, 0.4) is 0 Å². The molecule has 0 bridgehead atoms. The molecule has 0 spiro atoms. The molecule has 2 saturated heterocycles. The van der Waals surface area contributed by atoms with Gasteiger partial charge in [-0.05, 0) is 32.0 Å². The first-order valence-corrected chi connectivity index (χ1v) is 12.9. The van der Waals surface area contributed by atoms with E-state index in [0.29, 0.717) is 0 Å². The minimum absolute atomic E-state index is 0.00968. The Hall–Kier alpha value is -3.67. The number of phenolic OH excluding ortho intramolecular Hbond substituents is 3. The van der Waals surface area contributed by atoms with Crippen LogP contribution in [0.25, 0.3) is 22.3 Å². The van der Waals surface area contributed by atoms with E-state index in [1.807, 2.05) is 0 Å². The van der Waals surface area contributed by atoms with Gasteiger partial charge >= 0.3 is 0 Å². The summed E-state index contributed by atoms with van der Waals surface area (Å²) in [5.41, 5.74) is -1.24. The second kappa shape index (κ2) is 11.2. The number of aliphatic hydroxyl groups is 6. The van der Waals surface area contributed by atoms with Crippen molar-refractivity contribution in [1.29, 1.82) is 0 Å². The standard InChI is InChI=1S/C27H30O15/c1-8-17(31)20(34)22(36)26(38-8)41-14-4-3-10(5-12(14)29)24-25(42-27-23(37)21(35)18(32)9(2)39-27)19(33)16-13(30)6-11(28)7-15(16)40-24/h3-9,17-18,20-23,26-32,34-37H,1-2H3. The van der Waals surface area contributed by atoms with E-state index in [0.717, 1.165) is 18.2 Å². The van der Waals surface area contributed by atoms with E-state index in [-0.39, 0.29) is 22.7 Å². The van der Waals surface area contributed by atoms with Crippen molar-refractivity contribution in [3.05, 3.63) is 40.6 Å². The monoisotopic (exact) mass is 594 g/mol. The van der Waals surface area contributed by atoms with E-state index in [2.05, 4.69) is 0 Å². The van der Waals surface area contributed by atoms with Crippen LogP contribution >= 0.6 is 0 Å². The maximum atomic E-state index is 13.5. The molecule has 228 valence electrons. The molecule has 15 nitrogen and oxygen atoms in total. The lowest BCUT2D eigenvalue weighted by Gasteiger charge is -2.39. The molecule has 2 fully saturated rings. The van der Waals surface area contributed by atoms with Gasteiger partial charge in [0.25, 0.3) is 0 Å². The number of benzene rings is 2. The second-order valence-electron chi connectivity index (χ2n) is 10.2. The van der Waals surface area contributed by atoms with Crippen LogP contribution in [0.1, 0.15) is 13.8 Å². The van der Waals surface area contributed by atoms with Gasteiger partial charge in [0.2, 0.25) is 23.8 Å². The Bertz CT molecular complexity index is 1520. The molecule has 9 N–H and O–H groups in total. The summed E-state index contributed by atoms with van der Waals surface area (Å²) in [4.78, 5) is 13.5. The molecule has 10 atom stereocenters. The highest BCUT2D eigenvalue weighted by Gasteiger charge is 2.45. The average Bonchev–Trinajstić information content (AvgIpc) is 2.94.